The molecule has 3 rings (SSSR count). The van der Waals surface area contributed by atoms with Gasteiger partial charge in [0.2, 0.25) is 0 Å². The molecule has 0 radical (unpaired) electrons. The van der Waals surface area contributed by atoms with Gasteiger partial charge < -0.3 is 0 Å². The second kappa shape index (κ2) is 9.22. The molecule has 0 saturated heterocycles. The van der Waals surface area contributed by atoms with E-state index in [0.717, 1.165) is 5.75 Å². The third-order valence-electron chi connectivity index (χ3n) is 5.01. The fourth-order valence-electron chi connectivity index (χ4n) is 3.78. The van der Waals surface area contributed by atoms with Crippen LogP contribution in [0.5, 0.6) is 0 Å². The molecule has 0 aliphatic carbocycles. The van der Waals surface area contributed by atoms with E-state index in [9.17, 15) is 0 Å². The second-order valence-electron chi connectivity index (χ2n) is 6.54. The number of benzene rings is 3. The van der Waals surface area contributed by atoms with Gasteiger partial charge in [-0.15, -0.1) is 0 Å². The van der Waals surface area contributed by atoms with Crippen molar-refractivity contribution in [3.63, 3.8) is 0 Å². The molecule has 0 amide bonds. The van der Waals surface area contributed by atoms with Crippen molar-refractivity contribution in [3.05, 3.63) is 91.0 Å². The van der Waals surface area contributed by atoms with Gasteiger partial charge in [0.15, 0.2) is 0 Å². The average molecular weight is 367 g/mol. The topological polar surface area (TPSA) is 0 Å². The fraction of sp³-hybridized carbons (Fsp3) is 0.217. The van der Waals surface area contributed by atoms with Gasteiger partial charge in [0, 0.05) is 0 Å². The van der Waals surface area contributed by atoms with Gasteiger partial charge in [-0.3, -0.25) is 0 Å². The maximum absolute atomic E-state index is 4.39. The van der Waals surface area contributed by atoms with E-state index in [0.29, 0.717) is 0 Å². The van der Waals surface area contributed by atoms with Crippen LogP contribution in [-0.2, 0) is 0 Å². The molecule has 130 valence electrons. The van der Waals surface area contributed by atoms with Gasteiger partial charge >= 0.3 is 158 Å². The number of hydrogen-bond acceptors (Lipinski definition) is 1. The van der Waals surface area contributed by atoms with Crippen LogP contribution in [0.4, 0.5) is 0 Å². The van der Waals surface area contributed by atoms with Crippen LogP contribution < -0.4 is 15.9 Å². The van der Waals surface area contributed by atoms with E-state index in [1.165, 1.54) is 41.3 Å². The summed E-state index contributed by atoms with van der Waals surface area (Å²) >= 11 is 4.39. The molecule has 0 nitrogen and oxygen atoms in total. The summed E-state index contributed by atoms with van der Waals surface area (Å²) in [5, 5.41) is 4.54. The summed E-state index contributed by atoms with van der Waals surface area (Å²) in [4.78, 5) is 0. The summed E-state index contributed by atoms with van der Waals surface area (Å²) in [5.74, 6) is 0.983. The Morgan fingerprint density at radius 1 is 0.520 bits per heavy atom. The van der Waals surface area contributed by atoms with Crippen LogP contribution in [0.1, 0.15) is 19.3 Å². The number of rotatable bonds is 8. The quantitative estimate of drug-likeness (QED) is 0.330. The van der Waals surface area contributed by atoms with Crippen molar-refractivity contribution in [1.82, 2.24) is 0 Å². The Kier molecular flexibility index (Phi) is 6.73. The number of hydrogen-bond donors (Lipinski definition) is 1. The summed E-state index contributed by atoms with van der Waals surface area (Å²) in [7, 11) is -2.00. The van der Waals surface area contributed by atoms with Crippen molar-refractivity contribution in [3.8, 4) is 0 Å². The number of thiol groups is 1. The maximum atomic E-state index is 4.39. The summed E-state index contributed by atoms with van der Waals surface area (Å²) in [6.07, 6.45) is 4.96. The van der Waals surface area contributed by atoms with Crippen LogP contribution in [0.25, 0.3) is 0 Å². The molecule has 0 unspecified atom stereocenters. The molecule has 0 N–H and O–H groups in total. The van der Waals surface area contributed by atoms with Gasteiger partial charge in [0.1, 0.15) is 0 Å². The first-order valence-electron chi connectivity index (χ1n) is 9.15. The molecule has 0 fully saturated rings. The molecule has 25 heavy (non-hydrogen) atoms. The van der Waals surface area contributed by atoms with Crippen molar-refractivity contribution < 1.29 is 0 Å². The molecule has 0 spiro atoms. The van der Waals surface area contributed by atoms with Crippen molar-refractivity contribution in [1.29, 1.82) is 0 Å². The standard InChI is InChI=1S/C23H27PS/c25-20-12-4-11-19-24(21-13-5-1-6-14-21,22-15-7-2-8-16-22)23-17-9-3-10-18-23/h1-3,5-10,13-18,24-25H,4,11-12,19-20H2. The number of unbranched alkanes of at least 4 members (excludes halogenated alkanes) is 2. The molecule has 3 aromatic rings. The summed E-state index contributed by atoms with van der Waals surface area (Å²) < 4.78 is 0. The zero-order chi connectivity index (χ0) is 17.4. The monoisotopic (exact) mass is 366 g/mol. The molecular weight excluding hydrogens is 339 g/mol. The van der Waals surface area contributed by atoms with Crippen LogP contribution in [-0.4, -0.2) is 11.9 Å². The van der Waals surface area contributed by atoms with Crippen molar-refractivity contribution in [2.75, 3.05) is 11.9 Å². The predicted octanol–water partition coefficient (Wildman–Crippen LogP) is 4.81. The van der Waals surface area contributed by atoms with Crippen LogP contribution in [0.2, 0.25) is 0 Å². The van der Waals surface area contributed by atoms with Gasteiger partial charge in [-0.2, -0.15) is 0 Å². The van der Waals surface area contributed by atoms with Crippen LogP contribution in [0, 0.1) is 0 Å². The Hall–Kier alpha value is -1.56. The van der Waals surface area contributed by atoms with E-state index >= 15 is 0 Å². The summed E-state index contributed by atoms with van der Waals surface area (Å²) in [5.41, 5.74) is 0. The van der Waals surface area contributed by atoms with E-state index in [4.69, 9.17) is 0 Å². The van der Waals surface area contributed by atoms with E-state index in [1.54, 1.807) is 0 Å². The Labute approximate surface area is 158 Å². The fourth-order valence-corrected chi connectivity index (χ4v) is 8.93. The van der Waals surface area contributed by atoms with E-state index < -0.39 is 7.26 Å². The zero-order valence-electron chi connectivity index (χ0n) is 14.6. The second-order valence-corrected chi connectivity index (χ2v) is 11.0. The van der Waals surface area contributed by atoms with E-state index in [2.05, 4.69) is 104 Å². The molecule has 0 aliphatic rings. The Balaban J connectivity index is 2.13. The molecule has 0 aliphatic heterocycles. The molecule has 2 heteroatoms. The Morgan fingerprint density at radius 3 is 1.28 bits per heavy atom. The van der Waals surface area contributed by atoms with Crippen molar-refractivity contribution >= 4 is 35.8 Å². The third-order valence-corrected chi connectivity index (χ3v) is 10.4. The van der Waals surface area contributed by atoms with Crippen molar-refractivity contribution in [2.24, 2.45) is 0 Å². The molecule has 0 saturated carbocycles. The van der Waals surface area contributed by atoms with Gasteiger partial charge in [0.05, 0.1) is 0 Å². The average Bonchev–Trinajstić information content (AvgIpc) is 2.70. The Morgan fingerprint density at radius 2 is 0.920 bits per heavy atom. The molecular formula is C23H27PS. The normalized spacial score (nSPS) is 12.0. The predicted molar refractivity (Wildman–Crippen MR) is 119 cm³/mol. The minimum atomic E-state index is -2.00. The third kappa shape index (κ3) is 4.17. The van der Waals surface area contributed by atoms with Gasteiger partial charge in [-0.1, -0.05) is 0 Å². The molecule has 0 atom stereocenters. The molecule has 0 bridgehead atoms. The van der Waals surface area contributed by atoms with Crippen LogP contribution in [0.15, 0.2) is 91.0 Å². The first kappa shape index (κ1) is 18.2. The van der Waals surface area contributed by atoms with Gasteiger partial charge in [-0.25, -0.2) is 0 Å². The summed E-state index contributed by atoms with van der Waals surface area (Å²) in [6.45, 7) is 0. The SMILES string of the molecule is SCCCCC[PH](c1ccccc1)(c1ccccc1)c1ccccc1. The van der Waals surface area contributed by atoms with Crippen molar-refractivity contribution in [2.45, 2.75) is 19.3 Å². The van der Waals surface area contributed by atoms with E-state index in [1.807, 2.05) is 0 Å². The first-order chi connectivity index (χ1) is 12.4. The molecule has 0 heterocycles. The Bertz CT molecular complexity index is 644. The van der Waals surface area contributed by atoms with E-state index in [-0.39, 0.29) is 0 Å². The molecule has 0 aromatic heterocycles. The van der Waals surface area contributed by atoms with Gasteiger partial charge in [0.25, 0.3) is 0 Å². The summed E-state index contributed by atoms with van der Waals surface area (Å²) in [6, 6.07) is 33.5. The van der Waals surface area contributed by atoms with Crippen LogP contribution in [0.3, 0.4) is 0 Å². The van der Waals surface area contributed by atoms with Crippen LogP contribution >= 0.6 is 19.9 Å². The molecule has 3 aromatic carbocycles. The minimum absolute atomic E-state index is 0.983. The zero-order valence-corrected chi connectivity index (χ0v) is 16.5. The van der Waals surface area contributed by atoms with Gasteiger partial charge in [-0.05, 0) is 0 Å². The first-order valence-corrected chi connectivity index (χ1v) is 12.0.